The normalized spacial score (nSPS) is 21.0. The van der Waals surface area contributed by atoms with Gasteiger partial charge in [0.25, 0.3) is 0 Å². The van der Waals surface area contributed by atoms with E-state index in [-0.39, 0.29) is 24.8 Å². The van der Waals surface area contributed by atoms with Crippen LogP contribution in [0.4, 0.5) is 0 Å². The van der Waals surface area contributed by atoms with Gasteiger partial charge in [-0.3, -0.25) is 9.59 Å². The van der Waals surface area contributed by atoms with Gasteiger partial charge < -0.3 is 29.2 Å². The Bertz CT molecular complexity index is 1470. The fourth-order valence-electron chi connectivity index (χ4n) is 6.33. The maximum absolute atomic E-state index is 12.9. The number of nitrogens with one attached hydrogen (secondary N) is 1. The fraction of sp³-hybridized carbons (Fsp3) is 0.778. The van der Waals surface area contributed by atoms with Gasteiger partial charge in [-0.2, -0.15) is 10.2 Å². The number of nitrogens with two attached hydrogens (primary N) is 1. The van der Waals surface area contributed by atoms with Crippen molar-refractivity contribution < 1.29 is 33.1 Å². The van der Waals surface area contributed by atoms with E-state index in [1.807, 2.05) is 30.1 Å². The van der Waals surface area contributed by atoms with Gasteiger partial charge in [-0.15, -0.1) is 4.72 Å². The number of fused-ring (bicyclic) bond motifs is 2. The molecule has 2 aromatic rings. The number of carbonyl (C=O) groups excluding carboxylic acids is 2. The Morgan fingerprint density at radius 2 is 1.31 bits per heavy atom. The third kappa shape index (κ3) is 12.8. The third-order valence-electron chi connectivity index (χ3n) is 9.63. The van der Waals surface area contributed by atoms with Crippen LogP contribution in [0.25, 0.3) is 0 Å². The summed E-state index contributed by atoms with van der Waals surface area (Å²) in [5.74, 6) is -0.602. The summed E-state index contributed by atoms with van der Waals surface area (Å²) in [6, 6.07) is 2.24. The van der Waals surface area contributed by atoms with Crippen LogP contribution in [0.2, 0.25) is 51.4 Å². The van der Waals surface area contributed by atoms with Crippen molar-refractivity contribution in [3.05, 3.63) is 34.9 Å². The molecule has 2 aliphatic rings. The highest BCUT2D eigenvalue weighted by atomic mass is 32.2. The molecule has 0 bridgehead atoms. The van der Waals surface area contributed by atoms with Crippen LogP contribution < -0.4 is 10.5 Å². The van der Waals surface area contributed by atoms with Crippen molar-refractivity contribution >= 4 is 39.4 Å². The molecule has 0 spiro atoms. The SMILES string of the molecule is COC(=O)C[C@@]1(N)CCCc2c1cnn2COCC[Si](C)(C)C.COC(=O)C[C@@]1(N[S@+]([O-])C(C)(C)C)CCCc2c1cnn2COCC[Si](C)(C)C. The number of carbonyl (C=O) groups is 2. The Hall–Kier alpha value is -2.06. The summed E-state index contributed by atoms with van der Waals surface area (Å²) in [7, 11) is 0.560. The molecule has 0 saturated carbocycles. The van der Waals surface area contributed by atoms with Crippen LogP contribution in [0, 0.1) is 0 Å². The van der Waals surface area contributed by atoms with E-state index in [9.17, 15) is 14.1 Å². The molecule has 2 aromatic heterocycles. The van der Waals surface area contributed by atoms with Crippen LogP contribution in [0.1, 0.15) is 81.8 Å². The lowest BCUT2D eigenvalue weighted by Crippen LogP contribution is -2.53. The van der Waals surface area contributed by atoms with E-state index in [1.54, 1.807) is 12.4 Å². The Labute approximate surface area is 316 Å². The Kier molecular flexibility index (Phi) is 15.8. The van der Waals surface area contributed by atoms with Crippen molar-refractivity contribution in [2.75, 3.05) is 27.4 Å². The van der Waals surface area contributed by atoms with E-state index < -0.39 is 43.3 Å². The highest BCUT2D eigenvalue weighted by Crippen LogP contribution is 2.40. The average molecular weight is 783 g/mol. The first-order valence-corrected chi connectivity index (χ1v) is 27.1. The molecule has 0 aromatic carbocycles. The van der Waals surface area contributed by atoms with E-state index in [1.165, 1.54) is 14.2 Å². The third-order valence-corrected chi connectivity index (χ3v) is 14.7. The van der Waals surface area contributed by atoms with Gasteiger partial charge in [0.2, 0.25) is 0 Å². The van der Waals surface area contributed by atoms with Crippen molar-refractivity contribution in [3.63, 3.8) is 0 Å². The van der Waals surface area contributed by atoms with E-state index >= 15 is 0 Å². The molecule has 296 valence electrons. The largest absolute Gasteiger partial charge is 0.598 e. The highest BCUT2D eigenvalue weighted by molar-refractivity contribution is 7.90. The number of hydrogen-bond acceptors (Lipinski definition) is 11. The van der Waals surface area contributed by atoms with Crippen LogP contribution in [-0.2, 0) is 77.3 Å². The molecule has 52 heavy (non-hydrogen) atoms. The predicted octanol–water partition coefficient (Wildman–Crippen LogP) is 5.59. The topological polar surface area (TPSA) is 168 Å². The van der Waals surface area contributed by atoms with E-state index in [2.05, 4.69) is 54.2 Å². The van der Waals surface area contributed by atoms with Crippen molar-refractivity contribution in [1.29, 1.82) is 0 Å². The second-order valence-corrected chi connectivity index (χ2v) is 30.8. The zero-order chi connectivity index (χ0) is 39.0. The molecule has 0 unspecified atom stereocenters. The number of ether oxygens (including phenoxy) is 4. The van der Waals surface area contributed by atoms with Gasteiger partial charge in [0.1, 0.15) is 23.7 Å². The van der Waals surface area contributed by atoms with Gasteiger partial charge in [0.15, 0.2) is 0 Å². The van der Waals surface area contributed by atoms with Gasteiger partial charge in [-0.05, 0) is 71.4 Å². The fourth-order valence-corrected chi connectivity index (χ4v) is 8.79. The molecule has 0 radical (unpaired) electrons. The first kappa shape index (κ1) is 44.3. The molecule has 16 heteroatoms. The minimum atomic E-state index is -1.33. The van der Waals surface area contributed by atoms with E-state index in [4.69, 9.17) is 24.7 Å². The van der Waals surface area contributed by atoms with Gasteiger partial charge in [0.05, 0.1) is 45.0 Å². The average Bonchev–Trinajstić information content (AvgIpc) is 3.66. The van der Waals surface area contributed by atoms with E-state index in [0.29, 0.717) is 19.9 Å². The predicted molar refractivity (Wildman–Crippen MR) is 210 cm³/mol. The molecular formula is C36H66N6O7SSi2. The van der Waals surface area contributed by atoms with Crippen LogP contribution in [-0.4, -0.2) is 84.4 Å². The minimum Gasteiger partial charge on any atom is -0.598 e. The first-order chi connectivity index (χ1) is 24.1. The molecule has 3 N–H and O–H groups in total. The molecule has 2 aliphatic carbocycles. The number of methoxy groups -OCH3 is 2. The zero-order valence-electron chi connectivity index (χ0n) is 33.7. The first-order valence-electron chi connectivity index (χ1n) is 18.5. The molecular weight excluding hydrogens is 717 g/mol. The maximum atomic E-state index is 12.9. The standard InChI is InChI=1S/C20H37N3O4SSi.C16H29N3O3Si/c1-19(2,3)28(25)22-20(13-18(24)26-4)10-8-9-17-16(20)14-21-23(17)15-27-11-12-29(5,6)7;1-21-15(20)10-16(17)7-5-6-14-13(16)11-18-19(14)12-22-8-9-23(2,3)4/h14,22H,8-13,15H2,1-7H3;11H,5-10,12,17H2,1-4H3/t20-,28+;16-/m00/s1. The minimum absolute atomic E-state index is 0.125. The monoisotopic (exact) mass is 782 g/mol. The summed E-state index contributed by atoms with van der Waals surface area (Å²) < 4.78 is 40.9. The molecule has 0 fully saturated rings. The smallest absolute Gasteiger partial charge is 0.307 e. The number of nitrogens with zero attached hydrogens (tertiary/aromatic N) is 4. The Morgan fingerprint density at radius 1 is 0.846 bits per heavy atom. The number of rotatable bonds is 16. The number of aromatic nitrogens is 4. The summed E-state index contributed by atoms with van der Waals surface area (Å²) in [5, 5.41) is 8.97. The number of hydrogen-bond donors (Lipinski definition) is 2. The lowest BCUT2D eigenvalue weighted by molar-refractivity contribution is -0.143. The molecule has 0 aliphatic heterocycles. The van der Waals surface area contributed by atoms with Crippen molar-refractivity contribution in [3.8, 4) is 0 Å². The van der Waals surface area contributed by atoms with Gasteiger partial charge in [-0.1, -0.05) is 39.3 Å². The summed E-state index contributed by atoms with van der Waals surface area (Å²) in [6.07, 6.45) is 8.99. The van der Waals surface area contributed by atoms with Crippen molar-refractivity contribution in [2.24, 2.45) is 5.73 Å². The maximum Gasteiger partial charge on any atom is 0.307 e. The second-order valence-electron chi connectivity index (χ2n) is 17.6. The van der Waals surface area contributed by atoms with Crippen LogP contribution in [0.3, 0.4) is 0 Å². The Balaban J connectivity index is 0.000000288. The Morgan fingerprint density at radius 3 is 1.79 bits per heavy atom. The number of esters is 2. The molecule has 0 saturated heterocycles. The zero-order valence-corrected chi connectivity index (χ0v) is 36.5. The molecule has 2 heterocycles. The summed E-state index contributed by atoms with van der Waals surface area (Å²) >= 11 is -1.33. The van der Waals surface area contributed by atoms with Gasteiger partial charge >= 0.3 is 11.9 Å². The van der Waals surface area contributed by atoms with E-state index in [0.717, 1.165) is 79.9 Å². The quantitative estimate of drug-likeness (QED) is 0.0943. The summed E-state index contributed by atoms with van der Waals surface area (Å²) in [4.78, 5) is 23.9. The molecule has 4 rings (SSSR count). The molecule has 0 amide bonds. The lowest BCUT2D eigenvalue weighted by Gasteiger charge is -2.39. The summed E-state index contributed by atoms with van der Waals surface area (Å²) in [5.41, 5.74) is 9.11. The van der Waals surface area contributed by atoms with Crippen LogP contribution >= 0.6 is 0 Å². The summed E-state index contributed by atoms with van der Waals surface area (Å²) in [6.45, 7) is 22.1. The van der Waals surface area contributed by atoms with Crippen molar-refractivity contribution in [1.82, 2.24) is 24.3 Å². The van der Waals surface area contributed by atoms with Gasteiger partial charge in [-0.25, -0.2) is 9.36 Å². The highest BCUT2D eigenvalue weighted by Gasteiger charge is 2.46. The lowest BCUT2D eigenvalue weighted by atomic mass is 9.78. The van der Waals surface area contributed by atoms with Crippen LogP contribution in [0.15, 0.2) is 12.4 Å². The molecule has 3 atom stereocenters. The van der Waals surface area contributed by atoms with Crippen molar-refractivity contribution in [2.45, 2.75) is 153 Å². The van der Waals surface area contributed by atoms with Gasteiger partial charge in [0, 0.05) is 63.2 Å². The molecule has 13 nitrogen and oxygen atoms in total. The van der Waals surface area contributed by atoms with Crippen LogP contribution in [0.5, 0.6) is 0 Å². The second kappa shape index (κ2) is 18.5.